The number of fused-ring (bicyclic) bond motifs is 1. The second-order valence-electron chi connectivity index (χ2n) is 5.46. The zero-order valence-corrected chi connectivity index (χ0v) is 14.1. The molecule has 0 radical (unpaired) electrons. The number of hydrazine groups is 1. The Kier molecular flexibility index (Phi) is 4.90. The van der Waals surface area contributed by atoms with Gasteiger partial charge in [0.05, 0.1) is 16.3 Å². The number of ether oxygens (including phenoxy) is 1. The molecule has 0 saturated carbocycles. The number of nitrogens with one attached hydrogen (secondary N) is 2. The summed E-state index contributed by atoms with van der Waals surface area (Å²) in [6, 6.07) is 8.48. The summed E-state index contributed by atoms with van der Waals surface area (Å²) in [6.45, 7) is -0.347. The summed E-state index contributed by atoms with van der Waals surface area (Å²) in [5.74, 6) is -1.53. The minimum Gasteiger partial charge on any atom is -0.484 e. The van der Waals surface area contributed by atoms with Crippen molar-refractivity contribution in [3.8, 4) is 5.75 Å². The van der Waals surface area contributed by atoms with Crippen molar-refractivity contribution < 1.29 is 26.7 Å². The third-order valence-electron chi connectivity index (χ3n) is 3.59. The summed E-state index contributed by atoms with van der Waals surface area (Å²) in [6.07, 6.45) is 1.35. The zero-order chi connectivity index (χ0) is 18.7. The Labute approximate surface area is 148 Å². The Morgan fingerprint density at radius 2 is 1.77 bits per heavy atom. The third kappa shape index (κ3) is 3.99. The lowest BCUT2D eigenvalue weighted by Crippen LogP contribution is -2.40. The van der Waals surface area contributed by atoms with Gasteiger partial charge in [0.25, 0.3) is 5.91 Å². The Morgan fingerprint density at radius 3 is 2.50 bits per heavy atom. The summed E-state index contributed by atoms with van der Waals surface area (Å²) < 4.78 is 55.5. The van der Waals surface area contributed by atoms with Gasteiger partial charge in [0, 0.05) is 5.56 Å². The van der Waals surface area contributed by atoms with Crippen molar-refractivity contribution in [3.05, 3.63) is 65.7 Å². The molecule has 0 spiro atoms. The van der Waals surface area contributed by atoms with Gasteiger partial charge >= 0.3 is 0 Å². The van der Waals surface area contributed by atoms with Gasteiger partial charge in [0.2, 0.25) is 0 Å². The molecule has 0 unspecified atom stereocenters. The fourth-order valence-corrected chi connectivity index (χ4v) is 3.69. The molecule has 1 aliphatic heterocycles. The van der Waals surface area contributed by atoms with E-state index in [0.717, 1.165) is 12.1 Å². The highest BCUT2D eigenvalue weighted by molar-refractivity contribution is 7.91. The molecule has 2 aromatic rings. The second-order valence-corrected chi connectivity index (χ2v) is 7.46. The number of hydrogen-bond donors (Lipinski definition) is 2. The van der Waals surface area contributed by atoms with Gasteiger partial charge in [0.1, 0.15) is 17.4 Å². The standard InChI is InChI=1S/C17H14F2N2O4S/c18-11-1-4-13(5-2-11)25-10-17(22)21-20-15-7-8-26(23,24)16-6-3-12(19)9-14(15)16/h1-7,9,20H,8,10H2,(H,21,22). The molecule has 26 heavy (non-hydrogen) atoms. The van der Waals surface area contributed by atoms with E-state index in [-0.39, 0.29) is 28.5 Å². The summed E-state index contributed by atoms with van der Waals surface area (Å²) in [5.41, 5.74) is 5.33. The average Bonchev–Trinajstić information content (AvgIpc) is 2.60. The summed E-state index contributed by atoms with van der Waals surface area (Å²) in [4.78, 5) is 11.8. The van der Waals surface area contributed by atoms with Crippen molar-refractivity contribution >= 4 is 21.4 Å². The van der Waals surface area contributed by atoms with Gasteiger partial charge in [-0.25, -0.2) is 17.2 Å². The highest BCUT2D eigenvalue weighted by Gasteiger charge is 2.25. The van der Waals surface area contributed by atoms with Crippen molar-refractivity contribution in [1.82, 2.24) is 10.9 Å². The van der Waals surface area contributed by atoms with Crippen LogP contribution < -0.4 is 15.6 Å². The lowest BCUT2D eigenvalue weighted by Gasteiger charge is -2.20. The number of carbonyl (C=O) groups excluding carboxylic acids is 1. The van der Waals surface area contributed by atoms with Crippen LogP contribution in [0.5, 0.6) is 5.75 Å². The van der Waals surface area contributed by atoms with E-state index in [2.05, 4.69) is 10.9 Å². The minimum absolute atomic E-state index is 0.0132. The molecule has 2 aromatic carbocycles. The van der Waals surface area contributed by atoms with E-state index in [1.807, 2.05) is 0 Å². The molecule has 9 heteroatoms. The molecule has 2 N–H and O–H groups in total. The quantitative estimate of drug-likeness (QED) is 0.610. The molecule has 0 aliphatic carbocycles. The maximum absolute atomic E-state index is 13.5. The van der Waals surface area contributed by atoms with Crippen LogP contribution in [-0.2, 0) is 14.6 Å². The van der Waals surface area contributed by atoms with E-state index in [1.54, 1.807) is 0 Å². The molecule has 136 valence electrons. The maximum Gasteiger partial charge on any atom is 0.276 e. The van der Waals surface area contributed by atoms with E-state index in [4.69, 9.17) is 4.74 Å². The van der Waals surface area contributed by atoms with E-state index in [0.29, 0.717) is 5.75 Å². The number of sulfone groups is 1. The van der Waals surface area contributed by atoms with E-state index >= 15 is 0 Å². The zero-order valence-electron chi connectivity index (χ0n) is 13.3. The first-order valence-electron chi connectivity index (χ1n) is 7.51. The maximum atomic E-state index is 13.5. The van der Waals surface area contributed by atoms with Gasteiger partial charge in [-0.1, -0.05) is 0 Å². The number of carbonyl (C=O) groups is 1. The van der Waals surface area contributed by atoms with Crippen LogP contribution >= 0.6 is 0 Å². The molecular weight excluding hydrogens is 366 g/mol. The van der Waals surface area contributed by atoms with Crippen LogP contribution in [0.2, 0.25) is 0 Å². The molecule has 6 nitrogen and oxygen atoms in total. The third-order valence-corrected chi connectivity index (χ3v) is 5.23. The number of amides is 1. The summed E-state index contributed by atoms with van der Waals surface area (Å²) in [7, 11) is -3.53. The second kappa shape index (κ2) is 7.12. The van der Waals surface area contributed by atoms with Gasteiger partial charge in [-0.2, -0.15) is 0 Å². The first-order valence-corrected chi connectivity index (χ1v) is 9.16. The number of benzene rings is 2. The highest BCUT2D eigenvalue weighted by Crippen LogP contribution is 2.28. The van der Waals surface area contributed by atoms with Gasteiger partial charge < -0.3 is 4.74 Å². The molecule has 1 heterocycles. The molecule has 0 bridgehead atoms. The lowest BCUT2D eigenvalue weighted by molar-refractivity contribution is -0.123. The first-order chi connectivity index (χ1) is 12.3. The summed E-state index contributed by atoms with van der Waals surface area (Å²) in [5, 5.41) is 0. The van der Waals surface area contributed by atoms with Gasteiger partial charge in [0.15, 0.2) is 16.4 Å². The van der Waals surface area contributed by atoms with Crippen LogP contribution in [0.15, 0.2) is 53.4 Å². The fourth-order valence-electron chi connectivity index (χ4n) is 2.35. The van der Waals surface area contributed by atoms with Crippen molar-refractivity contribution in [2.24, 2.45) is 0 Å². The topological polar surface area (TPSA) is 84.5 Å². The highest BCUT2D eigenvalue weighted by atomic mass is 32.2. The largest absolute Gasteiger partial charge is 0.484 e. The molecule has 0 saturated heterocycles. The van der Waals surface area contributed by atoms with Crippen LogP contribution in [0, 0.1) is 11.6 Å². The molecule has 1 amide bonds. The van der Waals surface area contributed by atoms with Crippen LogP contribution in [0.1, 0.15) is 5.56 Å². The Balaban J connectivity index is 1.63. The molecule has 0 fully saturated rings. The first kappa shape index (κ1) is 17.9. The predicted octanol–water partition coefficient (Wildman–Crippen LogP) is 1.79. The Bertz CT molecular complexity index is 973. The lowest BCUT2D eigenvalue weighted by atomic mass is 10.1. The average molecular weight is 380 g/mol. The molecule has 1 aliphatic rings. The van der Waals surface area contributed by atoms with Crippen molar-refractivity contribution in [3.63, 3.8) is 0 Å². The van der Waals surface area contributed by atoms with E-state index in [1.165, 1.54) is 36.4 Å². The van der Waals surface area contributed by atoms with Crippen LogP contribution in [-0.4, -0.2) is 26.7 Å². The number of hydrogen-bond acceptors (Lipinski definition) is 5. The van der Waals surface area contributed by atoms with Crippen molar-refractivity contribution in [2.75, 3.05) is 12.4 Å². The van der Waals surface area contributed by atoms with Crippen LogP contribution in [0.3, 0.4) is 0 Å². The van der Waals surface area contributed by atoms with Crippen LogP contribution in [0.4, 0.5) is 8.78 Å². The summed E-state index contributed by atoms with van der Waals surface area (Å²) >= 11 is 0. The monoisotopic (exact) mass is 380 g/mol. The number of rotatable bonds is 5. The Hall–Kier alpha value is -2.94. The molecule has 0 atom stereocenters. The molecule has 0 aromatic heterocycles. The van der Waals surface area contributed by atoms with Gasteiger partial charge in [-0.3, -0.25) is 15.6 Å². The Morgan fingerprint density at radius 1 is 1.08 bits per heavy atom. The smallest absolute Gasteiger partial charge is 0.276 e. The molecule has 3 rings (SSSR count). The minimum atomic E-state index is -3.53. The van der Waals surface area contributed by atoms with Crippen molar-refractivity contribution in [1.29, 1.82) is 0 Å². The van der Waals surface area contributed by atoms with Gasteiger partial charge in [-0.15, -0.1) is 0 Å². The van der Waals surface area contributed by atoms with Gasteiger partial charge in [-0.05, 0) is 48.5 Å². The fraction of sp³-hybridized carbons (Fsp3) is 0.118. The SMILES string of the molecule is O=C(COc1ccc(F)cc1)NNC1=CCS(=O)(=O)c2ccc(F)cc21. The van der Waals surface area contributed by atoms with Crippen molar-refractivity contribution in [2.45, 2.75) is 4.90 Å². The van der Waals surface area contributed by atoms with E-state index < -0.39 is 27.4 Å². The normalized spacial score (nSPS) is 14.8. The molecular formula is C17H14F2N2O4S. The number of halogens is 2. The van der Waals surface area contributed by atoms with Crippen LogP contribution in [0.25, 0.3) is 5.70 Å². The van der Waals surface area contributed by atoms with E-state index in [9.17, 15) is 22.0 Å². The predicted molar refractivity (Wildman–Crippen MR) is 89.6 cm³/mol.